The van der Waals surface area contributed by atoms with Crippen molar-refractivity contribution in [3.05, 3.63) is 69.1 Å². The lowest BCUT2D eigenvalue weighted by atomic mass is 10.1. The Morgan fingerprint density at radius 2 is 1.96 bits per heavy atom. The number of nitrogens with zero attached hydrogens (tertiary/aromatic N) is 2. The molecule has 0 aromatic heterocycles. The van der Waals surface area contributed by atoms with Crippen LogP contribution in [-0.2, 0) is 4.79 Å². The second kappa shape index (κ2) is 7.04. The summed E-state index contributed by atoms with van der Waals surface area (Å²) in [6, 6.07) is 13.3. The number of carbonyl (C=O) groups excluding carboxylic acids is 1. The van der Waals surface area contributed by atoms with E-state index in [1.54, 1.807) is 18.2 Å². The fourth-order valence-corrected chi connectivity index (χ4v) is 3.65. The van der Waals surface area contributed by atoms with Crippen LogP contribution in [0.15, 0.2) is 53.4 Å². The van der Waals surface area contributed by atoms with Crippen LogP contribution in [0.1, 0.15) is 5.56 Å². The highest BCUT2D eigenvalue weighted by molar-refractivity contribution is 8.27. The molecule has 8 heteroatoms. The molecule has 0 saturated carbocycles. The number of non-ortho nitro benzene ring substituents is 1. The summed E-state index contributed by atoms with van der Waals surface area (Å²) in [6.07, 6.45) is 1.56. The minimum absolute atomic E-state index is 0.0782. The molecule has 0 unspecified atom stereocenters. The predicted octanol–water partition coefficient (Wildman–Crippen LogP) is 4.01. The van der Waals surface area contributed by atoms with E-state index in [1.807, 2.05) is 18.2 Å². The third kappa shape index (κ3) is 3.40. The highest BCUT2D eigenvalue weighted by Crippen LogP contribution is 2.37. The van der Waals surface area contributed by atoms with Crippen LogP contribution >= 0.6 is 24.0 Å². The number of methoxy groups -OCH3 is 1. The van der Waals surface area contributed by atoms with Gasteiger partial charge in [0.05, 0.1) is 22.6 Å². The zero-order valence-corrected chi connectivity index (χ0v) is 14.7. The molecule has 0 atom stereocenters. The maximum absolute atomic E-state index is 12.7. The number of thiocarbonyl (C=S) groups is 1. The third-order valence-electron chi connectivity index (χ3n) is 3.52. The summed E-state index contributed by atoms with van der Waals surface area (Å²) in [4.78, 5) is 25.0. The minimum atomic E-state index is -0.494. The van der Waals surface area contributed by atoms with Gasteiger partial charge in [0.25, 0.3) is 11.6 Å². The van der Waals surface area contributed by atoms with Crippen LogP contribution in [0.5, 0.6) is 5.75 Å². The van der Waals surface area contributed by atoms with Gasteiger partial charge in [0, 0.05) is 17.7 Å². The minimum Gasteiger partial charge on any atom is -0.496 e. The number of ether oxygens (including phenoxy) is 1. The molecule has 1 heterocycles. The molecular weight excluding hydrogens is 360 g/mol. The first kappa shape index (κ1) is 17.1. The van der Waals surface area contributed by atoms with Crippen molar-refractivity contribution in [1.82, 2.24) is 0 Å². The number of amides is 1. The number of para-hydroxylation sites is 1. The lowest BCUT2D eigenvalue weighted by Crippen LogP contribution is -2.27. The van der Waals surface area contributed by atoms with Crippen molar-refractivity contribution in [2.75, 3.05) is 12.0 Å². The number of hydrogen-bond acceptors (Lipinski definition) is 6. The van der Waals surface area contributed by atoms with E-state index in [1.165, 1.54) is 30.2 Å². The van der Waals surface area contributed by atoms with E-state index in [4.69, 9.17) is 17.0 Å². The summed E-state index contributed by atoms with van der Waals surface area (Å²) >= 11 is 6.46. The van der Waals surface area contributed by atoms with Crippen LogP contribution in [0.2, 0.25) is 0 Å². The number of rotatable bonds is 4. The normalized spacial score (nSPS) is 15.7. The number of nitro groups is 1. The van der Waals surface area contributed by atoms with E-state index in [0.717, 1.165) is 11.8 Å². The van der Waals surface area contributed by atoms with Gasteiger partial charge in [-0.3, -0.25) is 19.8 Å². The summed E-state index contributed by atoms with van der Waals surface area (Å²) < 4.78 is 5.64. The number of anilines is 1. The molecule has 25 heavy (non-hydrogen) atoms. The fraction of sp³-hybridized carbons (Fsp3) is 0.0588. The van der Waals surface area contributed by atoms with E-state index in [9.17, 15) is 14.9 Å². The molecule has 2 aromatic carbocycles. The highest BCUT2D eigenvalue weighted by atomic mass is 32.2. The molecule has 2 aromatic rings. The molecule has 0 N–H and O–H groups in total. The molecule has 0 aliphatic carbocycles. The zero-order chi connectivity index (χ0) is 18.0. The SMILES string of the molecule is COc1ccc([N+](=O)[O-])cc1C=C1SC(=S)N(c2ccccc2)C1=O. The molecule has 0 spiro atoms. The molecule has 1 amide bonds. The van der Waals surface area contributed by atoms with E-state index >= 15 is 0 Å². The maximum Gasteiger partial charge on any atom is 0.270 e. The number of thioether (sulfide) groups is 1. The molecule has 0 radical (unpaired) electrons. The first-order valence-corrected chi connectivity index (χ1v) is 8.39. The summed E-state index contributed by atoms with van der Waals surface area (Å²) in [5.74, 6) is 0.172. The first-order valence-electron chi connectivity index (χ1n) is 7.16. The third-order valence-corrected chi connectivity index (χ3v) is 4.82. The number of benzene rings is 2. The van der Waals surface area contributed by atoms with Crippen molar-refractivity contribution < 1.29 is 14.5 Å². The average molecular weight is 372 g/mol. The van der Waals surface area contributed by atoms with E-state index in [2.05, 4.69) is 0 Å². The van der Waals surface area contributed by atoms with Gasteiger partial charge in [0.2, 0.25) is 0 Å². The van der Waals surface area contributed by atoms with Crippen molar-refractivity contribution in [3.63, 3.8) is 0 Å². The Labute approximate surface area is 153 Å². The largest absolute Gasteiger partial charge is 0.496 e. The fourth-order valence-electron chi connectivity index (χ4n) is 2.36. The van der Waals surface area contributed by atoms with Gasteiger partial charge in [0.1, 0.15) is 5.75 Å². The van der Waals surface area contributed by atoms with Crippen LogP contribution in [-0.4, -0.2) is 22.3 Å². The molecule has 1 aliphatic heterocycles. The molecule has 1 saturated heterocycles. The first-order chi connectivity index (χ1) is 12.0. The second-order valence-corrected chi connectivity index (χ2v) is 6.71. The van der Waals surface area contributed by atoms with E-state index < -0.39 is 4.92 Å². The van der Waals surface area contributed by atoms with Crippen molar-refractivity contribution in [3.8, 4) is 5.75 Å². The summed E-state index contributed by atoms with van der Waals surface area (Å²) in [7, 11) is 1.47. The van der Waals surface area contributed by atoms with Gasteiger partial charge in [-0.1, -0.05) is 42.2 Å². The molecule has 1 fully saturated rings. The molecular formula is C17H12N2O4S2. The number of carbonyl (C=O) groups is 1. The Bertz CT molecular complexity index is 897. The quantitative estimate of drug-likeness (QED) is 0.349. The summed E-state index contributed by atoms with van der Waals surface area (Å²) in [5, 5.41) is 11.0. The maximum atomic E-state index is 12.7. The van der Waals surface area contributed by atoms with Gasteiger partial charge in [-0.15, -0.1) is 0 Å². The van der Waals surface area contributed by atoms with Crippen molar-refractivity contribution in [1.29, 1.82) is 0 Å². The molecule has 6 nitrogen and oxygen atoms in total. The lowest BCUT2D eigenvalue weighted by Gasteiger charge is -2.13. The zero-order valence-electron chi connectivity index (χ0n) is 13.0. The van der Waals surface area contributed by atoms with Crippen LogP contribution in [0.3, 0.4) is 0 Å². The van der Waals surface area contributed by atoms with Gasteiger partial charge < -0.3 is 4.74 Å². The van der Waals surface area contributed by atoms with Crippen molar-refractivity contribution in [2.24, 2.45) is 0 Å². The van der Waals surface area contributed by atoms with Gasteiger partial charge in [-0.25, -0.2) is 0 Å². The van der Waals surface area contributed by atoms with Crippen LogP contribution in [0.4, 0.5) is 11.4 Å². The predicted molar refractivity (Wildman–Crippen MR) is 102 cm³/mol. The van der Waals surface area contributed by atoms with Gasteiger partial charge in [0.15, 0.2) is 4.32 Å². The van der Waals surface area contributed by atoms with Crippen LogP contribution in [0.25, 0.3) is 6.08 Å². The molecule has 3 rings (SSSR count). The average Bonchev–Trinajstić information content (AvgIpc) is 2.89. The Morgan fingerprint density at radius 1 is 1.24 bits per heavy atom. The number of nitro benzene ring substituents is 1. The van der Waals surface area contributed by atoms with Crippen LogP contribution < -0.4 is 9.64 Å². The Hall–Kier alpha value is -2.71. The van der Waals surface area contributed by atoms with Crippen molar-refractivity contribution in [2.45, 2.75) is 0 Å². The van der Waals surface area contributed by atoms with Crippen LogP contribution in [0, 0.1) is 10.1 Å². The molecule has 1 aliphatic rings. The number of hydrogen-bond donors (Lipinski definition) is 0. The molecule has 0 bridgehead atoms. The lowest BCUT2D eigenvalue weighted by molar-refractivity contribution is -0.384. The Kier molecular flexibility index (Phi) is 4.82. The van der Waals surface area contributed by atoms with E-state index in [0.29, 0.717) is 26.2 Å². The highest BCUT2D eigenvalue weighted by Gasteiger charge is 2.33. The summed E-state index contributed by atoms with van der Waals surface area (Å²) in [5.41, 5.74) is 1.05. The van der Waals surface area contributed by atoms with Gasteiger partial charge in [-0.2, -0.15) is 0 Å². The van der Waals surface area contributed by atoms with Gasteiger partial charge in [-0.05, 0) is 24.3 Å². The smallest absolute Gasteiger partial charge is 0.270 e. The second-order valence-electron chi connectivity index (χ2n) is 5.04. The standard InChI is InChI=1S/C17H12N2O4S2/c1-23-14-8-7-13(19(21)22)9-11(14)10-15-16(20)18(17(24)25-15)12-5-3-2-4-6-12/h2-10H,1H3. The Morgan fingerprint density at radius 3 is 2.60 bits per heavy atom. The Balaban J connectivity index is 2.00. The van der Waals surface area contributed by atoms with Crippen molar-refractivity contribution >= 4 is 51.7 Å². The monoisotopic (exact) mass is 372 g/mol. The topological polar surface area (TPSA) is 72.7 Å². The molecule has 126 valence electrons. The van der Waals surface area contributed by atoms with Gasteiger partial charge >= 0.3 is 0 Å². The van der Waals surface area contributed by atoms with E-state index in [-0.39, 0.29) is 11.6 Å². The summed E-state index contributed by atoms with van der Waals surface area (Å²) in [6.45, 7) is 0.